The Morgan fingerprint density at radius 1 is 1.21 bits per heavy atom. The number of nitrogens with zero attached hydrogens (tertiary/aromatic N) is 3. The quantitative estimate of drug-likeness (QED) is 0.798. The summed E-state index contributed by atoms with van der Waals surface area (Å²) >= 11 is 0. The monoisotopic (exact) mass is 323 g/mol. The Bertz CT molecular complexity index is 859. The number of carbonyl (C=O) groups is 1. The first-order chi connectivity index (χ1) is 11.5. The van der Waals surface area contributed by atoms with Crippen molar-refractivity contribution in [2.75, 3.05) is 7.05 Å². The van der Waals surface area contributed by atoms with Crippen LogP contribution in [0.2, 0.25) is 0 Å². The second-order valence-corrected chi connectivity index (χ2v) is 5.54. The van der Waals surface area contributed by atoms with Crippen LogP contribution in [0.1, 0.15) is 21.8 Å². The molecule has 0 bridgehead atoms. The van der Waals surface area contributed by atoms with E-state index in [2.05, 4.69) is 10.1 Å². The van der Waals surface area contributed by atoms with Crippen LogP contribution in [0.3, 0.4) is 0 Å². The molecule has 0 atom stereocenters. The minimum absolute atomic E-state index is 0.115. The van der Waals surface area contributed by atoms with E-state index in [1.807, 2.05) is 18.2 Å². The molecule has 0 aliphatic carbocycles. The number of aromatic hydroxyl groups is 1. The molecule has 6 nitrogen and oxygen atoms in total. The predicted molar refractivity (Wildman–Crippen MR) is 88.4 cm³/mol. The molecule has 0 fully saturated rings. The molecule has 0 saturated carbocycles. The number of benzene rings is 2. The highest BCUT2D eigenvalue weighted by Crippen LogP contribution is 2.23. The third kappa shape index (κ3) is 3.27. The number of carbonyl (C=O) groups excluding carboxylic acids is 1. The van der Waals surface area contributed by atoms with E-state index in [4.69, 9.17) is 4.52 Å². The standard InChI is InChI=1S/C18H17N3O3/c1-12-10-14(8-9-15(12)22)17-19-16(24-20-17)11-21(2)18(23)13-6-4-3-5-7-13/h3-10,22H,11H2,1-2H3. The summed E-state index contributed by atoms with van der Waals surface area (Å²) in [7, 11) is 1.68. The van der Waals surface area contributed by atoms with E-state index in [-0.39, 0.29) is 18.2 Å². The van der Waals surface area contributed by atoms with Gasteiger partial charge in [-0.15, -0.1) is 0 Å². The molecule has 1 aromatic heterocycles. The van der Waals surface area contributed by atoms with Gasteiger partial charge in [0.25, 0.3) is 5.91 Å². The molecule has 0 spiro atoms. The predicted octanol–water partition coefficient (Wildman–Crippen LogP) is 3.02. The third-order valence-corrected chi connectivity index (χ3v) is 3.66. The number of amides is 1. The van der Waals surface area contributed by atoms with Gasteiger partial charge >= 0.3 is 0 Å². The molecule has 3 aromatic rings. The van der Waals surface area contributed by atoms with Crippen molar-refractivity contribution in [1.82, 2.24) is 15.0 Å². The van der Waals surface area contributed by atoms with Crippen LogP contribution in [-0.4, -0.2) is 33.1 Å². The van der Waals surface area contributed by atoms with Crippen molar-refractivity contribution in [3.63, 3.8) is 0 Å². The van der Waals surface area contributed by atoms with Gasteiger partial charge in [0.15, 0.2) is 0 Å². The molecule has 6 heteroatoms. The normalized spacial score (nSPS) is 10.6. The van der Waals surface area contributed by atoms with E-state index in [1.165, 1.54) is 4.90 Å². The zero-order chi connectivity index (χ0) is 17.1. The summed E-state index contributed by atoms with van der Waals surface area (Å²) < 4.78 is 5.23. The SMILES string of the molecule is Cc1cc(-c2noc(CN(C)C(=O)c3ccccc3)n2)ccc1O. The molecule has 3 rings (SSSR count). The molecule has 0 radical (unpaired) electrons. The van der Waals surface area contributed by atoms with Gasteiger partial charge in [-0.1, -0.05) is 23.4 Å². The Labute approximate surface area is 139 Å². The zero-order valence-electron chi connectivity index (χ0n) is 13.4. The number of aromatic nitrogens is 2. The van der Waals surface area contributed by atoms with E-state index in [0.29, 0.717) is 17.3 Å². The van der Waals surface area contributed by atoms with Crippen molar-refractivity contribution >= 4 is 5.91 Å². The van der Waals surface area contributed by atoms with Crippen LogP contribution in [0.15, 0.2) is 53.1 Å². The Kier molecular flexibility index (Phi) is 4.29. The Balaban J connectivity index is 1.74. The van der Waals surface area contributed by atoms with Gasteiger partial charge < -0.3 is 14.5 Å². The fraction of sp³-hybridized carbons (Fsp3) is 0.167. The summed E-state index contributed by atoms with van der Waals surface area (Å²) in [6.45, 7) is 2.02. The van der Waals surface area contributed by atoms with E-state index in [9.17, 15) is 9.90 Å². The van der Waals surface area contributed by atoms with E-state index < -0.39 is 0 Å². The highest BCUT2D eigenvalue weighted by molar-refractivity contribution is 5.93. The van der Waals surface area contributed by atoms with Crippen LogP contribution in [0.5, 0.6) is 5.75 Å². The van der Waals surface area contributed by atoms with Gasteiger partial charge in [-0.3, -0.25) is 4.79 Å². The lowest BCUT2D eigenvalue weighted by Crippen LogP contribution is -2.26. The molecule has 2 aromatic carbocycles. The first kappa shape index (κ1) is 15.7. The van der Waals surface area contributed by atoms with Crippen LogP contribution in [0.4, 0.5) is 0 Å². The van der Waals surface area contributed by atoms with Crippen molar-refractivity contribution in [2.24, 2.45) is 0 Å². The average Bonchev–Trinajstić information content (AvgIpc) is 3.06. The Hall–Kier alpha value is -3.15. The highest BCUT2D eigenvalue weighted by atomic mass is 16.5. The second-order valence-electron chi connectivity index (χ2n) is 5.54. The fourth-order valence-corrected chi connectivity index (χ4v) is 2.31. The van der Waals surface area contributed by atoms with E-state index >= 15 is 0 Å². The summed E-state index contributed by atoms with van der Waals surface area (Å²) in [5.74, 6) is 0.877. The van der Waals surface area contributed by atoms with Crippen molar-refractivity contribution in [3.8, 4) is 17.1 Å². The molecule has 24 heavy (non-hydrogen) atoms. The van der Waals surface area contributed by atoms with Crippen molar-refractivity contribution in [3.05, 3.63) is 65.5 Å². The third-order valence-electron chi connectivity index (χ3n) is 3.66. The van der Waals surface area contributed by atoms with Gasteiger partial charge in [0, 0.05) is 18.2 Å². The first-order valence-electron chi connectivity index (χ1n) is 7.47. The molecule has 0 aliphatic heterocycles. The minimum Gasteiger partial charge on any atom is -0.508 e. The van der Waals surface area contributed by atoms with Crippen molar-refractivity contribution in [1.29, 1.82) is 0 Å². The molecule has 122 valence electrons. The first-order valence-corrected chi connectivity index (χ1v) is 7.47. The molecule has 0 unspecified atom stereocenters. The molecule has 1 N–H and O–H groups in total. The zero-order valence-corrected chi connectivity index (χ0v) is 13.4. The number of rotatable bonds is 4. The summed E-state index contributed by atoms with van der Waals surface area (Å²) in [5, 5.41) is 13.5. The number of hydrogen-bond donors (Lipinski definition) is 1. The number of hydrogen-bond acceptors (Lipinski definition) is 5. The number of phenolic OH excluding ortho intramolecular Hbond substituents is 1. The summed E-state index contributed by atoms with van der Waals surface area (Å²) in [5.41, 5.74) is 2.08. The van der Waals surface area contributed by atoms with Gasteiger partial charge in [0.1, 0.15) is 5.75 Å². The average molecular weight is 323 g/mol. The Morgan fingerprint density at radius 3 is 2.67 bits per heavy atom. The van der Waals surface area contributed by atoms with E-state index in [0.717, 1.165) is 11.1 Å². The van der Waals surface area contributed by atoms with Crippen LogP contribution in [0, 0.1) is 6.92 Å². The maximum absolute atomic E-state index is 12.3. The lowest BCUT2D eigenvalue weighted by molar-refractivity contribution is 0.0769. The van der Waals surface area contributed by atoms with Crippen molar-refractivity contribution < 1.29 is 14.4 Å². The minimum atomic E-state index is -0.115. The van der Waals surface area contributed by atoms with Gasteiger partial charge in [-0.25, -0.2) is 0 Å². The Morgan fingerprint density at radius 2 is 1.96 bits per heavy atom. The van der Waals surface area contributed by atoms with Gasteiger partial charge in [0.05, 0.1) is 6.54 Å². The second kappa shape index (κ2) is 6.54. The maximum atomic E-state index is 12.3. The molecule has 0 aliphatic rings. The molecular formula is C18H17N3O3. The lowest BCUT2D eigenvalue weighted by Gasteiger charge is -2.14. The molecule has 1 amide bonds. The van der Waals surface area contributed by atoms with Gasteiger partial charge in [-0.05, 0) is 42.8 Å². The van der Waals surface area contributed by atoms with Gasteiger partial charge in [0.2, 0.25) is 11.7 Å². The molecule has 0 saturated heterocycles. The highest BCUT2D eigenvalue weighted by Gasteiger charge is 2.16. The van der Waals surface area contributed by atoms with Crippen molar-refractivity contribution in [2.45, 2.75) is 13.5 Å². The smallest absolute Gasteiger partial charge is 0.254 e. The van der Waals surface area contributed by atoms with E-state index in [1.54, 1.807) is 44.3 Å². The lowest BCUT2D eigenvalue weighted by atomic mass is 10.1. The summed E-state index contributed by atoms with van der Waals surface area (Å²) in [4.78, 5) is 18.2. The van der Waals surface area contributed by atoms with Crippen LogP contribution in [0.25, 0.3) is 11.4 Å². The van der Waals surface area contributed by atoms with Crippen LogP contribution < -0.4 is 0 Å². The number of aryl methyl sites for hydroxylation is 1. The van der Waals surface area contributed by atoms with Crippen LogP contribution in [-0.2, 0) is 6.54 Å². The summed E-state index contributed by atoms with van der Waals surface area (Å²) in [6.07, 6.45) is 0. The largest absolute Gasteiger partial charge is 0.508 e. The molecule has 1 heterocycles. The summed E-state index contributed by atoms with van der Waals surface area (Å²) in [6, 6.07) is 14.1. The maximum Gasteiger partial charge on any atom is 0.254 e. The topological polar surface area (TPSA) is 79.5 Å². The van der Waals surface area contributed by atoms with Crippen LogP contribution >= 0.6 is 0 Å². The molecular weight excluding hydrogens is 306 g/mol. The van der Waals surface area contributed by atoms with Gasteiger partial charge in [-0.2, -0.15) is 4.98 Å². The number of phenols is 1. The fourth-order valence-electron chi connectivity index (χ4n) is 2.31.